The van der Waals surface area contributed by atoms with Gasteiger partial charge in [-0.05, 0) is 67.2 Å². The van der Waals surface area contributed by atoms with Crippen LogP contribution in [0.3, 0.4) is 0 Å². The molecule has 0 fully saturated rings. The maximum absolute atomic E-state index is 11.7. The molecule has 4 heteroatoms. The van der Waals surface area contributed by atoms with Crippen LogP contribution in [-0.2, 0) is 22.9 Å². The van der Waals surface area contributed by atoms with Gasteiger partial charge in [0.05, 0.1) is 4.90 Å². The Balaban J connectivity index is 2.36. The van der Waals surface area contributed by atoms with Crippen molar-refractivity contribution in [1.29, 1.82) is 4.78 Å². The molecule has 17 heavy (non-hydrogen) atoms. The van der Waals surface area contributed by atoms with E-state index in [1.807, 2.05) is 13.0 Å². The predicted octanol–water partition coefficient (Wildman–Crippen LogP) is 3.24. The lowest BCUT2D eigenvalue weighted by Crippen LogP contribution is -2.13. The molecule has 0 bridgehead atoms. The highest BCUT2D eigenvalue weighted by Crippen LogP contribution is 2.45. The Morgan fingerprint density at radius 1 is 1.41 bits per heavy atom. The molecule has 1 aromatic rings. The van der Waals surface area contributed by atoms with Crippen molar-refractivity contribution in [2.45, 2.75) is 49.8 Å². The van der Waals surface area contributed by atoms with E-state index in [0.29, 0.717) is 10.8 Å². The summed E-state index contributed by atoms with van der Waals surface area (Å²) in [7, 11) is -3.59. The second-order valence-electron chi connectivity index (χ2n) is 5.23. The lowest BCUT2D eigenvalue weighted by molar-refractivity contribution is 0.532. The zero-order valence-electron chi connectivity index (χ0n) is 9.95. The van der Waals surface area contributed by atoms with Crippen molar-refractivity contribution in [2.75, 3.05) is 0 Å². The Kier molecular flexibility index (Phi) is 2.35. The van der Waals surface area contributed by atoms with Gasteiger partial charge in [0.25, 0.3) is 0 Å². The van der Waals surface area contributed by atoms with Crippen LogP contribution in [0.4, 0.5) is 0 Å². The first-order chi connectivity index (χ1) is 7.98. The number of nitrogens with one attached hydrogen (secondary N) is 1. The molecule has 0 aliphatic heterocycles. The van der Waals surface area contributed by atoms with Gasteiger partial charge in [-0.15, -0.1) is 0 Å². The van der Waals surface area contributed by atoms with Gasteiger partial charge in [0.2, 0.25) is 0 Å². The molecule has 0 heterocycles. The fourth-order valence-corrected chi connectivity index (χ4v) is 4.64. The summed E-state index contributed by atoms with van der Waals surface area (Å²) in [4.78, 5) is 0.405. The molecular weight excluding hydrogens is 234 g/mol. The van der Waals surface area contributed by atoms with Gasteiger partial charge < -0.3 is 0 Å². The average Bonchev–Trinajstić information content (AvgIpc) is 2.61. The number of hydrogen-bond donors (Lipinski definition) is 2. The summed E-state index contributed by atoms with van der Waals surface area (Å²) in [6.07, 6.45) is 5.43. The monoisotopic (exact) mass is 251 g/mol. The van der Waals surface area contributed by atoms with Crippen molar-refractivity contribution in [3.63, 3.8) is 0 Å². The van der Waals surface area contributed by atoms with Crippen LogP contribution in [0.5, 0.6) is 0 Å². The standard InChI is InChI=1S/C13H17NO2S/c1-8-7-10-6-5-9-3-2-4-11(12(9)10)13(8)17(14,15)16/h7,9H,2-6H2,1H3,(H2,14,15,16). The third-order valence-electron chi connectivity index (χ3n) is 4.12. The molecule has 0 aromatic heterocycles. The minimum Gasteiger partial charge on any atom is -0.297 e. The van der Waals surface area contributed by atoms with Gasteiger partial charge in [-0.3, -0.25) is 4.55 Å². The molecule has 0 radical (unpaired) electrons. The van der Waals surface area contributed by atoms with E-state index in [2.05, 4.69) is 0 Å². The second-order valence-corrected chi connectivity index (χ2v) is 6.69. The Labute approximate surface area is 102 Å². The van der Waals surface area contributed by atoms with Gasteiger partial charge in [0.15, 0.2) is 10.0 Å². The summed E-state index contributed by atoms with van der Waals surface area (Å²) in [6, 6.07) is 2.03. The van der Waals surface area contributed by atoms with Gasteiger partial charge in [-0.1, -0.05) is 6.07 Å². The zero-order chi connectivity index (χ0) is 12.2. The van der Waals surface area contributed by atoms with E-state index in [-0.39, 0.29) is 0 Å². The highest BCUT2D eigenvalue weighted by molar-refractivity contribution is 7.87. The summed E-state index contributed by atoms with van der Waals surface area (Å²) >= 11 is 0. The predicted molar refractivity (Wildman–Crippen MR) is 66.9 cm³/mol. The van der Waals surface area contributed by atoms with Crippen molar-refractivity contribution in [3.05, 3.63) is 28.3 Å². The van der Waals surface area contributed by atoms with E-state index in [0.717, 1.165) is 30.4 Å². The topological polar surface area (TPSA) is 61.2 Å². The highest BCUT2D eigenvalue weighted by Gasteiger charge is 2.32. The van der Waals surface area contributed by atoms with E-state index in [1.54, 1.807) is 0 Å². The van der Waals surface area contributed by atoms with Crippen molar-refractivity contribution in [3.8, 4) is 0 Å². The Morgan fingerprint density at radius 3 is 2.88 bits per heavy atom. The first-order valence-corrected chi connectivity index (χ1v) is 7.66. The van der Waals surface area contributed by atoms with E-state index >= 15 is 0 Å². The van der Waals surface area contributed by atoms with Gasteiger partial charge in [0.1, 0.15) is 0 Å². The van der Waals surface area contributed by atoms with Crippen molar-refractivity contribution < 1.29 is 8.76 Å². The van der Waals surface area contributed by atoms with Gasteiger partial charge in [0, 0.05) is 0 Å². The first kappa shape index (κ1) is 11.2. The smallest absolute Gasteiger partial charge is 0.188 e. The van der Waals surface area contributed by atoms with E-state index < -0.39 is 10.0 Å². The van der Waals surface area contributed by atoms with Crippen LogP contribution >= 0.6 is 0 Å². The highest BCUT2D eigenvalue weighted by atomic mass is 32.2. The van der Waals surface area contributed by atoms with Crippen LogP contribution < -0.4 is 0 Å². The number of rotatable bonds is 1. The number of benzene rings is 1. The summed E-state index contributed by atoms with van der Waals surface area (Å²) in [5.41, 5.74) is 4.51. The quantitative estimate of drug-likeness (QED) is 0.805. The lowest BCUT2D eigenvalue weighted by Gasteiger charge is -2.25. The molecule has 2 atom stereocenters. The van der Waals surface area contributed by atoms with Crippen LogP contribution in [0.2, 0.25) is 0 Å². The van der Waals surface area contributed by atoms with Crippen LogP contribution in [0.15, 0.2) is 11.0 Å². The fraction of sp³-hybridized carbons (Fsp3) is 0.538. The molecular formula is C13H17NO2S. The second kappa shape index (κ2) is 3.56. The van der Waals surface area contributed by atoms with Crippen molar-refractivity contribution in [1.82, 2.24) is 0 Å². The molecule has 2 N–H and O–H groups in total. The number of hydrogen-bond acceptors (Lipinski definition) is 2. The molecule has 92 valence electrons. The van der Waals surface area contributed by atoms with Crippen LogP contribution in [0.25, 0.3) is 0 Å². The largest absolute Gasteiger partial charge is 0.297 e. The fourth-order valence-electron chi connectivity index (χ4n) is 3.60. The average molecular weight is 251 g/mol. The maximum atomic E-state index is 11.7. The molecule has 2 aliphatic rings. The Hall–Kier alpha value is -0.870. The molecule has 0 amide bonds. The first-order valence-electron chi connectivity index (χ1n) is 6.15. The lowest BCUT2D eigenvalue weighted by atomic mass is 9.83. The molecule has 0 spiro atoms. The van der Waals surface area contributed by atoms with E-state index in [1.165, 1.54) is 24.0 Å². The Bertz CT molecular complexity index is 590. The molecule has 1 aromatic carbocycles. The number of aryl methyl sites for hydroxylation is 2. The van der Waals surface area contributed by atoms with Gasteiger partial charge in [-0.25, -0.2) is 8.99 Å². The molecule has 0 saturated heterocycles. The third kappa shape index (κ3) is 1.62. The van der Waals surface area contributed by atoms with Crippen LogP contribution in [0.1, 0.15) is 47.4 Å². The van der Waals surface area contributed by atoms with Crippen LogP contribution in [0, 0.1) is 11.7 Å². The van der Waals surface area contributed by atoms with Crippen LogP contribution in [-0.4, -0.2) is 8.76 Å². The summed E-state index contributed by atoms with van der Waals surface area (Å²) in [5.74, 6) is 0.579. The molecule has 2 aliphatic carbocycles. The van der Waals surface area contributed by atoms with E-state index in [9.17, 15) is 8.76 Å². The Morgan fingerprint density at radius 2 is 2.18 bits per heavy atom. The summed E-state index contributed by atoms with van der Waals surface area (Å²) < 4.78 is 28.9. The maximum Gasteiger partial charge on any atom is 0.188 e. The molecule has 3 rings (SSSR count). The third-order valence-corrected chi connectivity index (χ3v) is 5.24. The molecule has 2 unspecified atom stereocenters. The van der Waals surface area contributed by atoms with Gasteiger partial charge >= 0.3 is 0 Å². The van der Waals surface area contributed by atoms with Crippen molar-refractivity contribution in [2.24, 2.45) is 0 Å². The van der Waals surface area contributed by atoms with E-state index in [4.69, 9.17) is 4.78 Å². The zero-order valence-corrected chi connectivity index (χ0v) is 10.8. The van der Waals surface area contributed by atoms with Crippen molar-refractivity contribution >= 4 is 10.0 Å². The summed E-state index contributed by atoms with van der Waals surface area (Å²) in [5, 5.41) is 0. The minimum atomic E-state index is -3.59. The summed E-state index contributed by atoms with van der Waals surface area (Å²) in [6.45, 7) is 1.86. The molecule has 3 nitrogen and oxygen atoms in total. The SMILES string of the molecule is Cc1cc2c3c(c1S(=N)(=O)O)CCCC3CC2. The normalized spacial score (nSPS) is 25.4. The minimum absolute atomic E-state index is 0.405. The van der Waals surface area contributed by atoms with Gasteiger partial charge in [-0.2, -0.15) is 0 Å². The molecule has 0 saturated carbocycles.